The van der Waals surface area contributed by atoms with Crippen LogP contribution in [0.1, 0.15) is 17.0 Å². The summed E-state index contributed by atoms with van der Waals surface area (Å²) < 4.78 is 41.0. The van der Waals surface area contributed by atoms with Crippen LogP contribution in [0.15, 0.2) is 24.3 Å². The van der Waals surface area contributed by atoms with Crippen LogP contribution >= 0.6 is 0 Å². The van der Waals surface area contributed by atoms with E-state index in [4.69, 9.17) is 5.11 Å². The molecule has 2 aromatic rings. The van der Waals surface area contributed by atoms with Gasteiger partial charge in [-0.2, -0.15) is 0 Å². The quantitative estimate of drug-likeness (QED) is 0.846. The third-order valence-electron chi connectivity index (χ3n) is 3.99. The lowest BCUT2D eigenvalue weighted by Crippen LogP contribution is -2.31. The van der Waals surface area contributed by atoms with E-state index in [0.29, 0.717) is 37.7 Å². The molecule has 0 spiro atoms. The van der Waals surface area contributed by atoms with Gasteiger partial charge in [0.05, 0.1) is 6.61 Å². The Morgan fingerprint density at radius 1 is 1.23 bits per heavy atom. The molecule has 6 nitrogen and oxygen atoms in total. The second kappa shape index (κ2) is 7.36. The van der Waals surface area contributed by atoms with Crippen LogP contribution in [0.5, 0.6) is 5.75 Å². The van der Waals surface area contributed by atoms with Crippen LogP contribution in [0, 0.1) is 6.92 Å². The van der Waals surface area contributed by atoms with Gasteiger partial charge in [0.1, 0.15) is 23.2 Å². The van der Waals surface area contributed by atoms with Gasteiger partial charge in [0, 0.05) is 25.7 Å². The van der Waals surface area contributed by atoms with Gasteiger partial charge in [-0.05, 0) is 36.6 Å². The van der Waals surface area contributed by atoms with Gasteiger partial charge < -0.3 is 20.1 Å². The Kier molecular flexibility index (Phi) is 5.17. The van der Waals surface area contributed by atoms with Crippen molar-refractivity contribution in [3.63, 3.8) is 0 Å². The highest BCUT2D eigenvalue weighted by Gasteiger charge is 2.31. The lowest BCUT2D eigenvalue weighted by Gasteiger charge is -2.30. The van der Waals surface area contributed by atoms with Crippen molar-refractivity contribution in [3.05, 3.63) is 41.2 Å². The summed E-state index contributed by atoms with van der Waals surface area (Å²) in [5.74, 6) is 1.77. The standard InChI is InChI=1S/C17H19F3N4O2/c1-11-22-15(21-5-7-25)9-16(23-11)24-6-4-12-8-14(26-17(18,19)20)3-2-13(12)10-24/h2-3,8-9,25H,4-7,10H2,1H3,(H,21,22,23). The van der Waals surface area contributed by atoms with Crippen LogP contribution in [0.2, 0.25) is 0 Å². The number of nitrogens with one attached hydrogen (secondary N) is 1. The maximum absolute atomic E-state index is 12.4. The molecule has 26 heavy (non-hydrogen) atoms. The van der Waals surface area contributed by atoms with Crippen LogP contribution in [0.25, 0.3) is 0 Å². The number of benzene rings is 1. The lowest BCUT2D eigenvalue weighted by molar-refractivity contribution is -0.274. The molecule has 0 saturated heterocycles. The highest BCUT2D eigenvalue weighted by atomic mass is 19.4. The minimum atomic E-state index is -4.69. The third-order valence-corrected chi connectivity index (χ3v) is 3.99. The molecule has 0 fully saturated rings. The molecule has 1 aliphatic rings. The van der Waals surface area contributed by atoms with Crippen LogP contribution in [-0.2, 0) is 13.0 Å². The highest BCUT2D eigenvalue weighted by Crippen LogP contribution is 2.29. The Bertz CT molecular complexity index is 783. The first-order chi connectivity index (χ1) is 12.3. The van der Waals surface area contributed by atoms with E-state index in [2.05, 4.69) is 20.0 Å². The molecule has 2 heterocycles. The summed E-state index contributed by atoms with van der Waals surface area (Å²) in [4.78, 5) is 10.8. The number of aliphatic hydroxyl groups excluding tert-OH is 1. The fraction of sp³-hybridized carbons (Fsp3) is 0.412. The molecule has 0 unspecified atom stereocenters. The predicted molar refractivity (Wildman–Crippen MR) is 90.2 cm³/mol. The van der Waals surface area contributed by atoms with Crippen molar-refractivity contribution >= 4 is 11.6 Å². The first-order valence-corrected chi connectivity index (χ1v) is 8.17. The molecule has 1 aromatic carbocycles. The van der Waals surface area contributed by atoms with E-state index in [1.54, 1.807) is 19.1 Å². The largest absolute Gasteiger partial charge is 0.573 e. The molecule has 9 heteroatoms. The van der Waals surface area contributed by atoms with E-state index >= 15 is 0 Å². The van der Waals surface area contributed by atoms with Crippen molar-refractivity contribution in [1.29, 1.82) is 0 Å². The molecule has 0 aliphatic carbocycles. The number of ether oxygens (including phenoxy) is 1. The normalized spacial score (nSPS) is 14.1. The molecule has 0 saturated carbocycles. The fourth-order valence-corrected chi connectivity index (χ4v) is 2.91. The number of nitrogens with zero attached hydrogens (tertiary/aromatic N) is 3. The number of aryl methyl sites for hydroxylation is 1. The van der Waals surface area contributed by atoms with Crippen molar-refractivity contribution in [1.82, 2.24) is 9.97 Å². The first kappa shape index (κ1) is 18.2. The molecular formula is C17H19F3N4O2. The van der Waals surface area contributed by atoms with Gasteiger partial charge in [-0.15, -0.1) is 13.2 Å². The average Bonchev–Trinajstić information content (AvgIpc) is 2.57. The minimum absolute atomic E-state index is 0.00218. The summed E-state index contributed by atoms with van der Waals surface area (Å²) in [7, 11) is 0. The smallest absolute Gasteiger partial charge is 0.406 e. The van der Waals surface area contributed by atoms with Gasteiger partial charge in [-0.1, -0.05) is 6.07 Å². The SMILES string of the molecule is Cc1nc(NCCO)cc(N2CCc3cc(OC(F)(F)F)ccc3C2)n1. The fourth-order valence-electron chi connectivity index (χ4n) is 2.91. The lowest BCUT2D eigenvalue weighted by atomic mass is 9.99. The number of rotatable bonds is 5. The molecule has 0 amide bonds. The topological polar surface area (TPSA) is 70.5 Å². The number of halogens is 3. The zero-order valence-corrected chi connectivity index (χ0v) is 14.2. The summed E-state index contributed by atoms with van der Waals surface area (Å²) in [6.07, 6.45) is -4.10. The zero-order chi connectivity index (χ0) is 18.7. The van der Waals surface area contributed by atoms with E-state index in [0.717, 1.165) is 16.9 Å². The second-order valence-electron chi connectivity index (χ2n) is 5.96. The summed E-state index contributed by atoms with van der Waals surface area (Å²) >= 11 is 0. The molecule has 0 atom stereocenters. The number of alkyl halides is 3. The van der Waals surface area contributed by atoms with E-state index in [9.17, 15) is 13.2 Å². The number of aliphatic hydroxyl groups is 1. The Morgan fingerprint density at radius 3 is 2.77 bits per heavy atom. The maximum atomic E-state index is 12.4. The van der Waals surface area contributed by atoms with Gasteiger partial charge in [0.2, 0.25) is 0 Å². The van der Waals surface area contributed by atoms with Gasteiger partial charge in [0.25, 0.3) is 0 Å². The van der Waals surface area contributed by atoms with Crippen molar-refractivity contribution in [2.24, 2.45) is 0 Å². The second-order valence-corrected chi connectivity index (χ2v) is 5.96. The molecular weight excluding hydrogens is 349 g/mol. The monoisotopic (exact) mass is 368 g/mol. The number of hydrogen-bond acceptors (Lipinski definition) is 6. The molecule has 1 aromatic heterocycles. The molecule has 3 rings (SSSR count). The maximum Gasteiger partial charge on any atom is 0.573 e. The van der Waals surface area contributed by atoms with Crippen molar-refractivity contribution < 1.29 is 23.0 Å². The van der Waals surface area contributed by atoms with Gasteiger partial charge in [0.15, 0.2) is 0 Å². The molecule has 140 valence electrons. The summed E-state index contributed by atoms with van der Waals surface area (Å²) in [6, 6.07) is 6.23. The van der Waals surface area contributed by atoms with Crippen LogP contribution < -0.4 is 15.0 Å². The number of fused-ring (bicyclic) bond motifs is 1. The van der Waals surface area contributed by atoms with Crippen molar-refractivity contribution in [2.75, 3.05) is 29.9 Å². The first-order valence-electron chi connectivity index (χ1n) is 8.17. The van der Waals surface area contributed by atoms with Crippen LogP contribution in [0.4, 0.5) is 24.8 Å². The Morgan fingerprint density at radius 2 is 2.04 bits per heavy atom. The predicted octanol–water partition coefficient (Wildman–Crippen LogP) is 2.65. The van der Waals surface area contributed by atoms with E-state index in [1.165, 1.54) is 12.1 Å². The van der Waals surface area contributed by atoms with Gasteiger partial charge in [-0.25, -0.2) is 9.97 Å². The van der Waals surface area contributed by atoms with Gasteiger partial charge >= 0.3 is 6.36 Å². The van der Waals surface area contributed by atoms with E-state index < -0.39 is 6.36 Å². The third kappa shape index (κ3) is 4.54. The molecule has 0 bridgehead atoms. The number of aromatic nitrogens is 2. The molecule has 1 aliphatic heterocycles. The zero-order valence-electron chi connectivity index (χ0n) is 14.2. The molecule has 2 N–H and O–H groups in total. The summed E-state index contributed by atoms with van der Waals surface area (Å²) in [5.41, 5.74) is 1.78. The van der Waals surface area contributed by atoms with E-state index in [1.807, 2.05) is 4.90 Å². The summed E-state index contributed by atoms with van der Waals surface area (Å²) in [5, 5.41) is 11.9. The number of anilines is 2. The Labute approximate surface area is 148 Å². The highest BCUT2D eigenvalue weighted by molar-refractivity contribution is 5.52. The van der Waals surface area contributed by atoms with Crippen molar-refractivity contribution in [2.45, 2.75) is 26.3 Å². The minimum Gasteiger partial charge on any atom is -0.406 e. The van der Waals surface area contributed by atoms with E-state index in [-0.39, 0.29) is 12.4 Å². The Balaban J connectivity index is 1.77. The van der Waals surface area contributed by atoms with Crippen LogP contribution in [-0.4, -0.2) is 41.1 Å². The van der Waals surface area contributed by atoms with Gasteiger partial charge in [-0.3, -0.25) is 0 Å². The van der Waals surface area contributed by atoms with Crippen molar-refractivity contribution in [3.8, 4) is 5.75 Å². The summed E-state index contributed by atoms with van der Waals surface area (Å²) in [6.45, 7) is 3.33. The molecule has 0 radical (unpaired) electrons. The Hall–Kier alpha value is -2.55. The van der Waals surface area contributed by atoms with Crippen LogP contribution in [0.3, 0.4) is 0 Å². The number of hydrogen-bond donors (Lipinski definition) is 2. The average molecular weight is 368 g/mol.